The van der Waals surface area contributed by atoms with Crippen LogP contribution in [0.1, 0.15) is 48.7 Å². The van der Waals surface area contributed by atoms with Crippen molar-refractivity contribution in [2.45, 2.75) is 45.6 Å². The fourth-order valence-electron chi connectivity index (χ4n) is 2.29. The van der Waals surface area contributed by atoms with Crippen LogP contribution in [0.4, 0.5) is 0 Å². The van der Waals surface area contributed by atoms with Gasteiger partial charge in [-0.15, -0.1) is 0 Å². The molecule has 2 rings (SSSR count). The van der Waals surface area contributed by atoms with E-state index in [9.17, 15) is 0 Å². The van der Waals surface area contributed by atoms with E-state index in [4.69, 9.17) is 5.73 Å². The smallest absolute Gasteiger partial charge is 0.0644 e. The Hall–Kier alpha value is -0.830. The van der Waals surface area contributed by atoms with Crippen LogP contribution < -0.4 is 5.73 Å². The normalized spacial score (nSPS) is 18.1. The first-order valence-corrected chi connectivity index (χ1v) is 5.85. The molecule has 84 valence electrons. The first kappa shape index (κ1) is 10.7. The maximum Gasteiger partial charge on any atom is 0.0644 e. The van der Waals surface area contributed by atoms with Crippen LogP contribution in [-0.2, 0) is 7.05 Å². The van der Waals surface area contributed by atoms with E-state index >= 15 is 0 Å². The Kier molecular flexibility index (Phi) is 2.83. The number of nitrogens with two attached hydrogens (primary N) is 1. The number of hydrogen-bond acceptors (Lipinski definition) is 2. The predicted octanol–water partition coefficient (Wildman–Crippen LogP) is 2.23. The molecule has 1 atom stereocenters. The summed E-state index contributed by atoms with van der Waals surface area (Å²) in [6.07, 6.45) is 5.22. The van der Waals surface area contributed by atoms with E-state index in [1.54, 1.807) is 0 Å². The SMILES string of the molecule is Cc1nn(C)c(C)c1C(N)CCC1CC1. The summed E-state index contributed by atoms with van der Waals surface area (Å²) in [5, 5.41) is 4.41. The standard InChI is InChI=1S/C12H21N3/c1-8-12(9(2)15(3)14-8)11(13)7-6-10-4-5-10/h10-11H,4-7,13H2,1-3H3. The molecule has 1 aromatic rings. The van der Waals surface area contributed by atoms with Crippen LogP contribution in [0.3, 0.4) is 0 Å². The van der Waals surface area contributed by atoms with E-state index in [-0.39, 0.29) is 6.04 Å². The predicted molar refractivity (Wildman–Crippen MR) is 61.6 cm³/mol. The summed E-state index contributed by atoms with van der Waals surface area (Å²) in [5.41, 5.74) is 9.81. The van der Waals surface area contributed by atoms with Gasteiger partial charge in [0.15, 0.2) is 0 Å². The number of aryl methyl sites for hydroxylation is 2. The van der Waals surface area contributed by atoms with Crippen LogP contribution in [0.5, 0.6) is 0 Å². The van der Waals surface area contributed by atoms with Gasteiger partial charge in [0.25, 0.3) is 0 Å². The lowest BCUT2D eigenvalue weighted by Gasteiger charge is -2.12. The third-order valence-electron chi connectivity index (χ3n) is 3.52. The van der Waals surface area contributed by atoms with Crippen LogP contribution in [0, 0.1) is 19.8 Å². The molecule has 15 heavy (non-hydrogen) atoms. The quantitative estimate of drug-likeness (QED) is 0.822. The van der Waals surface area contributed by atoms with Gasteiger partial charge in [0.1, 0.15) is 0 Å². The summed E-state index contributed by atoms with van der Waals surface area (Å²) in [6.45, 7) is 4.16. The van der Waals surface area contributed by atoms with Gasteiger partial charge in [0.2, 0.25) is 0 Å². The molecule has 0 saturated heterocycles. The van der Waals surface area contributed by atoms with Crippen molar-refractivity contribution >= 4 is 0 Å². The lowest BCUT2D eigenvalue weighted by atomic mass is 10.00. The van der Waals surface area contributed by atoms with E-state index in [1.165, 1.54) is 30.5 Å². The van der Waals surface area contributed by atoms with Gasteiger partial charge in [0.05, 0.1) is 5.69 Å². The van der Waals surface area contributed by atoms with Crippen LogP contribution in [0.15, 0.2) is 0 Å². The van der Waals surface area contributed by atoms with Crippen molar-refractivity contribution in [1.29, 1.82) is 0 Å². The Morgan fingerprint density at radius 2 is 2.13 bits per heavy atom. The third kappa shape index (κ3) is 2.23. The van der Waals surface area contributed by atoms with Gasteiger partial charge in [-0.25, -0.2) is 0 Å². The Morgan fingerprint density at radius 1 is 1.47 bits per heavy atom. The molecular formula is C12H21N3. The zero-order valence-corrected chi connectivity index (χ0v) is 9.95. The van der Waals surface area contributed by atoms with E-state index < -0.39 is 0 Å². The average Bonchev–Trinajstić information content (AvgIpc) is 2.94. The van der Waals surface area contributed by atoms with Crippen molar-refractivity contribution in [2.24, 2.45) is 18.7 Å². The number of nitrogens with zero attached hydrogens (tertiary/aromatic N) is 2. The van der Waals surface area contributed by atoms with Crippen LogP contribution in [-0.4, -0.2) is 9.78 Å². The molecule has 1 saturated carbocycles. The van der Waals surface area contributed by atoms with Gasteiger partial charge >= 0.3 is 0 Å². The molecule has 1 heterocycles. The molecule has 0 amide bonds. The molecule has 0 radical (unpaired) electrons. The van der Waals surface area contributed by atoms with E-state index in [1.807, 2.05) is 11.7 Å². The van der Waals surface area contributed by atoms with E-state index in [0.29, 0.717) is 0 Å². The lowest BCUT2D eigenvalue weighted by Crippen LogP contribution is -2.12. The second kappa shape index (κ2) is 3.97. The second-order valence-electron chi connectivity index (χ2n) is 4.84. The minimum atomic E-state index is 0.180. The Morgan fingerprint density at radius 3 is 2.60 bits per heavy atom. The molecule has 3 heteroatoms. The second-order valence-corrected chi connectivity index (χ2v) is 4.84. The summed E-state index contributed by atoms with van der Waals surface area (Å²) >= 11 is 0. The Balaban J connectivity index is 2.05. The molecular weight excluding hydrogens is 186 g/mol. The summed E-state index contributed by atoms with van der Waals surface area (Å²) in [4.78, 5) is 0. The fraction of sp³-hybridized carbons (Fsp3) is 0.750. The molecule has 0 spiro atoms. The molecule has 1 aromatic heterocycles. The number of rotatable bonds is 4. The van der Waals surface area contributed by atoms with Gasteiger partial charge in [-0.1, -0.05) is 12.8 Å². The van der Waals surface area contributed by atoms with Crippen molar-refractivity contribution in [3.05, 3.63) is 17.0 Å². The van der Waals surface area contributed by atoms with Gasteiger partial charge in [0, 0.05) is 24.3 Å². The van der Waals surface area contributed by atoms with E-state index in [0.717, 1.165) is 18.0 Å². The molecule has 1 aliphatic carbocycles. The summed E-state index contributed by atoms with van der Waals surface area (Å²) in [7, 11) is 1.99. The third-order valence-corrected chi connectivity index (χ3v) is 3.52. The summed E-state index contributed by atoms with van der Waals surface area (Å²) in [6, 6.07) is 0.180. The van der Waals surface area contributed by atoms with Crippen molar-refractivity contribution in [2.75, 3.05) is 0 Å². The first-order valence-electron chi connectivity index (χ1n) is 5.85. The van der Waals surface area contributed by atoms with Crippen molar-refractivity contribution in [3.63, 3.8) is 0 Å². The Labute approximate surface area is 91.7 Å². The minimum Gasteiger partial charge on any atom is -0.324 e. The first-order chi connectivity index (χ1) is 7.09. The van der Waals surface area contributed by atoms with Crippen LogP contribution >= 0.6 is 0 Å². The zero-order chi connectivity index (χ0) is 11.0. The molecule has 0 bridgehead atoms. The average molecular weight is 207 g/mol. The molecule has 1 unspecified atom stereocenters. The number of aromatic nitrogens is 2. The zero-order valence-electron chi connectivity index (χ0n) is 9.95. The highest BCUT2D eigenvalue weighted by Gasteiger charge is 2.23. The largest absolute Gasteiger partial charge is 0.324 e. The molecule has 0 aliphatic heterocycles. The highest BCUT2D eigenvalue weighted by atomic mass is 15.3. The molecule has 1 fully saturated rings. The van der Waals surface area contributed by atoms with Crippen LogP contribution in [0.25, 0.3) is 0 Å². The van der Waals surface area contributed by atoms with Gasteiger partial charge in [-0.2, -0.15) is 5.10 Å². The molecule has 1 aliphatic rings. The summed E-state index contributed by atoms with van der Waals surface area (Å²) in [5.74, 6) is 0.966. The Bertz CT molecular complexity index is 350. The molecule has 3 nitrogen and oxygen atoms in total. The monoisotopic (exact) mass is 207 g/mol. The molecule has 0 aromatic carbocycles. The van der Waals surface area contributed by atoms with E-state index in [2.05, 4.69) is 18.9 Å². The van der Waals surface area contributed by atoms with Crippen molar-refractivity contribution < 1.29 is 0 Å². The molecule has 2 N–H and O–H groups in total. The van der Waals surface area contributed by atoms with Gasteiger partial charge in [-0.05, 0) is 32.6 Å². The minimum absolute atomic E-state index is 0.180. The number of hydrogen-bond donors (Lipinski definition) is 1. The maximum atomic E-state index is 6.23. The highest BCUT2D eigenvalue weighted by molar-refractivity contribution is 5.27. The lowest BCUT2D eigenvalue weighted by molar-refractivity contribution is 0.570. The maximum absolute atomic E-state index is 6.23. The van der Waals surface area contributed by atoms with Crippen molar-refractivity contribution in [3.8, 4) is 0 Å². The van der Waals surface area contributed by atoms with Gasteiger partial charge < -0.3 is 5.73 Å². The topological polar surface area (TPSA) is 43.8 Å². The van der Waals surface area contributed by atoms with Crippen molar-refractivity contribution in [1.82, 2.24) is 9.78 Å². The fourth-order valence-corrected chi connectivity index (χ4v) is 2.29. The highest BCUT2D eigenvalue weighted by Crippen LogP contribution is 2.36. The van der Waals surface area contributed by atoms with Gasteiger partial charge in [-0.3, -0.25) is 4.68 Å². The van der Waals surface area contributed by atoms with Crippen LogP contribution in [0.2, 0.25) is 0 Å². The summed E-state index contributed by atoms with van der Waals surface area (Å²) < 4.78 is 1.93.